The van der Waals surface area contributed by atoms with Gasteiger partial charge in [0, 0.05) is 5.69 Å². The average Bonchev–Trinajstić information content (AvgIpc) is 2.40. The van der Waals surface area contributed by atoms with Crippen LogP contribution < -0.4 is 5.73 Å². The van der Waals surface area contributed by atoms with Gasteiger partial charge in [-0.25, -0.2) is 4.79 Å². The van der Waals surface area contributed by atoms with Gasteiger partial charge in [0.2, 0.25) is 0 Å². The van der Waals surface area contributed by atoms with Crippen LogP contribution in [0.1, 0.15) is 51.8 Å². The van der Waals surface area contributed by atoms with Crippen LogP contribution in [-0.4, -0.2) is 18.7 Å². The van der Waals surface area contributed by atoms with E-state index in [9.17, 15) is 4.79 Å². The minimum atomic E-state index is -0.751. The molecule has 4 heteroatoms. The van der Waals surface area contributed by atoms with Crippen LogP contribution in [0.3, 0.4) is 0 Å². The standard InChI is InChI=1S/C14H21NO3.C2H6/c1-9-10(7-6-8-11(9)15)12(13(16)17-5)18-14(2,3)4;1-2/h6-8,12H,15H2,1-5H3;1-2H3. The maximum Gasteiger partial charge on any atom is 0.339 e. The SMILES string of the molecule is CC.COC(=O)C(OC(C)(C)C)c1cccc(N)c1C. The molecule has 0 heterocycles. The number of nitrogen functional groups attached to an aromatic ring is 1. The van der Waals surface area contributed by atoms with Crippen molar-refractivity contribution in [1.82, 2.24) is 0 Å². The summed E-state index contributed by atoms with van der Waals surface area (Å²) in [5.74, 6) is -0.418. The number of anilines is 1. The Morgan fingerprint density at radius 1 is 1.25 bits per heavy atom. The highest BCUT2D eigenvalue weighted by Crippen LogP contribution is 2.29. The van der Waals surface area contributed by atoms with E-state index in [1.165, 1.54) is 7.11 Å². The number of ether oxygens (including phenoxy) is 2. The zero-order valence-electron chi connectivity index (χ0n) is 13.6. The average molecular weight is 281 g/mol. The summed E-state index contributed by atoms with van der Waals surface area (Å²) in [6, 6.07) is 5.43. The zero-order chi connectivity index (χ0) is 15.9. The van der Waals surface area contributed by atoms with Gasteiger partial charge in [0.05, 0.1) is 12.7 Å². The fraction of sp³-hybridized carbons (Fsp3) is 0.562. The first kappa shape index (κ1) is 18.4. The lowest BCUT2D eigenvalue weighted by molar-refractivity contribution is -0.164. The van der Waals surface area contributed by atoms with Gasteiger partial charge in [0.25, 0.3) is 0 Å². The Balaban J connectivity index is 0.00000172. The third kappa shape index (κ3) is 5.21. The molecule has 1 unspecified atom stereocenters. The lowest BCUT2D eigenvalue weighted by Gasteiger charge is -2.27. The van der Waals surface area contributed by atoms with Crippen molar-refractivity contribution in [2.45, 2.75) is 53.2 Å². The van der Waals surface area contributed by atoms with Crippen LogP contribution in [0, 0.1) is 6.92 Å². The minimum Gasteiger partial charge on any atom is -0.467 e. The summed E-state index contributed by atoms with van der Waals surface area (Å²) >= 11 is 0. The summed E-state index contributed by atoms with van der Waals surface area (Å²) in [5.41, 5.74) is 7.64. The Labute approximate surface area is 122 Å². The third-order valence-electron chi connectivity index (χ3n) is 2.59. The van der Waals surface area contributed by atoms with Crippen molar-refractivity contribution in [3.63, 3.8) is 0 Å². The topological polar surface area (TPSA) is 61.5 Å². The lowest BCUT2D eigenvalue weighted by Crippen LogP contribution is -2.28. The summed E-state index contributed by atoms with van der Waals surface area (Å²) < 4.78 is 10.6. The number of hydrogen-bond acceptors (Lipinski definition) is 4. The number of benzene rings is 1. The van der Waals surface area contributed by atoms with Crippen molar-refractivity contribution >= 4 is 11.7 Å². The molecule has 2 N–H and O–H groups in total. The molecule has 0 radical (unpaired) electrons. The molecule has 1 aromatic rings. The van der Waals surface area contributed by atoms with Gasteiger partial charge in [0.1, 0.15) is 0 Å². The molecule has 0 spiro atoms. The van der Waals surface area contributed by atoms with Crippen LogP contribution >= 0.6 is 0 Å². The molecule has 1 rings (SSSR count). The molecule has 4 nitrogen and oxygen atoms in total. The largest absolute Gasteiger partial charge is 0.467 e. The van der Waals surface area contributed by atoms with Gasteiger partial charge >= 0.3 is 5.97 Å². The van der Waals surface area contributed by atoms with E-state index in [4.69, 9.17) is 15.2 Å². The van der Waals surface area contributed by atoms with Gasteiger partial charge < -0.3 is 15.2 Å². The molecule has 0 aliphatic carbocycles. The highest BCUT2D eigenvalue weighted by atomic mass is 16.6. The highest BCUT2D eigenvalue weighted by Gasteiger charge is 2.29. The van der Waals surface area contributed by atoms with E-state index >= 15 is 0 Å². The number of rotatable bonds is 3. The molecule has 0 aromatic heterocycles. The van der Waals surface area contributed by atoms with Crippen molar-refractivity contribution in [3.8, 4) is 0 Å². The Morgan fingerprint density at radius 3 is 2.25 bits per heavy atom. The molecule has 0 amide bonds. The van der Waals surface area contributed by atoms with Crippen LogP contribution in [-0.2, 0) is 14.3 Å². The lowest BCUT2D eigenvalue weighted by atomic mass is 10.0. The number of esters is 1. The van der Waals surface area contributed by atoms with E-state index in [0.29, 0.717) is 5.69 Å². The maximum absolute atomic E-state index is 11.9. The number of carbonyl (C=O) groups is 1. The van der Waals surface area contributed by atoms with Crippen LogP contribution in [0.4, 0.5) is 5.69 Å². The molecule has 0 fully saturated rings. The van der Waals surface area contributed by atoms with E-state index < -0.39 is 17.7 Å². The van der Waals surface area contributed by atoms with E-state index in [1.54, 1.807) is 12.1 Å². The third-order valence-corrected chi connectivity index (χ3v) is 2.59. The molecule has 1 aromatic carbocycles. The second kappa shape index (κ2) is 7.90. The summed E-state index contributed by atoms with van der Waals surface area (Å²) in [7, 11) is 1.35. The van der Waals surface area contributed by atoms with Crippen LogP contribution in [0.15, 0.2) is 18.2 Å². The van der Waals surface area contributed by atoms with Crippen LogP contribution in [0.5, 0.6) is 0 Å². The summed E-state index contributed by atoms with van der Waals surface area (Å²) in [6.45, 7) is 11.5. The molecule has 0 aliphatic rings. The van der Waals surface area contributed by atoms with Gasteiger partial charge in [-0.15, -0.1) is 0 Å². The van der Waals surface area contributed by atoms with Crippen molar-refractivity contribution in [1.29, 1.82) is 0 Å². The Hall–Kier alpha value is -1.55. The van der Waals surface area contributed by atoms with Crippen LogP contribution in [0.2, 0.25) is 0 Å². The van der Waals surface area contributed by atoms with Gasteiger partial charge in [-0.1, -0.05) is 26.0 Å². The molecule has 0 aliphatic heterocycles. The van der Waals surface area contributed by atoms with E-state index in [-0.39, 0.29) is 0 Å². The Kier molecular flexibility index (Phi) is 7.29. The number of hydrogen-bond donors (Lipinski definition) is 1. The fourth-order valence-corrected chi connectivity index (χ4v) is 1.66. The molecule has 0 bridgehead atoms. The quantitative estimate of drug-likeness (QED) is 0.679. The molecule has 0 saturated carbocycles. The van der Waals surface area contributed by atoms with Crippen molar-refractivity contribution in [2.24, 2.45) is 0 Å². The second-order valence-corrected chi connectivity index (χ2v) is 5.19. The van der Waals surface area contributed by atoms with Gasteiger partial charge in [-0.05, 0) is 44.9 Å². The Morgan fingerprint density at radius 2 is 1.80 bits per heavy atom. The Bertz CT molecular complexity index is 436. The second-order valence-electron chi connectivity index (χ2n) is 5.19. The summed E-state index contributed by atoms with van der Waals surface area (Å²) in [4.78, 5) is 11.9. The van der Waals surface area contributed by atoms with Crippen molar-refractivity contribution in [3.05, 3.63) is 29.3 Å². The highest BCUT2D eigenvalue weighted by molar-refractivity contribution is 5.77. The maximum atomic E-state index is 11.9. The van der Waals surface area contributed by atoms with Gasteiger partial charge in [-0.3, -0.25) is 0 Å². The van der Waals surface area contributed by atoms with E-state index in [2.05, 4.69) is 0 Å². The fourth-order valence-electron chi connectivity index (χ4n) is 1.66. The van der Waals surface area contributed by atoms with Crippen molar-refractivity contribution < 1.29 is 14.3 Å². The molecule has 20 heavy (non-hydrogen) atoms. The smallest absolute Gasteiger partial charge is 0.339 e. The number of nitrogens with two attached hydrogens (primary N) is 1. The number of methoxy groups -OCH3 is 1. The molecule has 1 atom stereocenters. The predicted molar refractivity (Wildman–Crippen MR) is 82.5 cm³/mol. The zero-order valence-corrected chi connectivity index (χ0v) is 13.6. The van der Waals surface area contributed by atoms with Crippen molar-refractivity contribution in [2.75, 3.05) is 12.8 Å². The molecular formula is C16H27NO3. The minimum absolute atomic E-state index is 0.418. The first-order valence-corrected chi connectivity index (χ1v) is 6.87. The van der Waals surface area contributed by atoms with E-state index in [0.717, 1.165) is 11.1 Å². The predicted octanol–water partition coefficient (Wildman–Crippen LogP) is 3.63. The molecule has 114 valence electrons. The molecule has 0 saturated heterocycles. The monoisotopic (exact) mass is 281 g/mol. The van der Waals surface area contributed by atoms with Gasteiger partial charge in [-0.2, -0.15) is 0 Å². The number of carbonyl (C=O) groups excluding carboxylic acids is 1. The summed E-state index contributed by atoms with van der Waals surface area (Å²) in [5, 5.41) is 0. The van der Waals surface area contributed by atoms with E-state index in [1.807, 2.05) is 47.6 Å². The molecular weight excluding hydrogens is 254 g/mol. The van der Waals surface area contributed by atoms with Crippen LogP contribution in [0.25, 0.3) is 0 Å². The first-order valence-electron chi connectivity index (χ1n) is 6.87. The van der Waals surface area contributed by atoms with Gasteiger partial charge in [0.15, 0.2) is 6.10 Å². The normalized spacial score (nSPS) is 12.2. The summed E-state index contributed by atoms with van der Waals surface area (Å²) in [6.07, 6.45) is -0.751. The first-order chi connectivity index (χ1) is 9.26.